The number of methoxy groups -OCH3 is 2. The minimum atomic E-state index is -0.271. The van der Waals surface area contributed by atoms with Crippen LogP contribution in [0.25, 0.3) is 11.4 Å². The molecule has 0 atom stereocenters. The zero-order valence-electron chi connectivity index (χ0n) is 16.0. The molecule has 0 aliphatic heterocycles. The van der Waals surface area contributed by atoms with Gasteiger partial charge in [-0.05, 0) is 12.1 Å². The predicted molar refractivity (Wildman–Crippen MR) is 109 cm³/mol. The van der Waals surface area contributed by atoms with Crippen LogP contribution in [0, 0.1) is 0 Å². The number of aromatic amines is 1. The third kappa shape index (κ3) is 5.35. The van der Waals surface area contributed by atoms with Gasteiger partial charge in [0.15, 0.2) is 11.6 Å². The van der Waals surface area contributed by atoms with Crippen LogP contribution in [0.4, 0.5) is 0 Å². The molecule has 150 valence electrons. The van der Waals surface area contributed by atoms with Crippen LogP contribution in [-0.2, 0) is 4.79 Å². The van der Waals surface area contributed by atoms with E-state index in [0.29, 0.717) is 28.0 Å². The number of benzene rings is 2. The van der Waals surface area contributed by atoms with Crippen molar-refractivity contribution in [3.63, 3.8) is 0 Å². The first-order chi connectivity index (χ1) is 14.1. The standard InChI is InChI=1S/C20H20N4O4S/c1-27-14-8-9-15(17(10-14)28-2)19-22-20(24-23-19)29-12-18(26)21-11-16(25)13-6-4-3-5-7-13/h3-10H,11-12H2,1-2H3,(H,21,26)(H,22,23,24). The van der Waals surface area contributed by atoms with Gasteiger partial charge in [0.1, 0.15) is 11.5 Å². The number of amides is 1. The zero-order valence-corrected chi connectivity index (χ0v) is 16.8. The van der Waals surface area contributed by atoms with Crippen LogP contribution >= 0.6 is 11.8 Å². The van der Waals surface area contributed by atoms with Gasteiger partial charge in [0, 0.05) is 11.6 Å². The molecule has 2 N–H and O–H groups in total. The van der Waals surface area contributed by atoms with Crippen LogP contribution in [0.15, 0.2) is 53.7 Å². The number of Topliss-reactive ketones (excluding diaryl/α,β-unsaturated/α-hetero) is 1. The van der Waals surface area contributed by atoms with Crippen molar-refractivity contribution in [3.05, 3.63) is 54.1 Å². The number of ether oxygens (including phenoxy) is 2. The molecule has 1 heterocycles. The molecule has 9 heteroatoms. The van der Waals surface area contributed by atoms with Crippen LogP contribution in [-0.4, -0.2) is 53.4 Å². The lowest BCUT2D eigenvalue weighted by Gasteiger charge is -2.07. The van der Waals surface area contributed by atoms with E-state index in [4.69, 9.17) is 9.47 Å². The number of carbonyl (C=O) groups excluding carboxylic acids is 2. The summed E-state index contributed by atoms with van der Waals surface area (Å²) in [7, 11) is 3.14. The molecule has 0 aliphatic rings. The SMILES string of the molecule is COc1ccc(-c2nc(SCC(=O)NCC(=O)c3ccccc3)n[nH]2)c(OC)c1. The Bertz CT molecular complexity index is 991. The fourth-order valence-corrected chi connectivity index (χ4v) is 3.14. The number of H-pyrrole nitrogens is 1. The number of carbonyl (C=O) groups is 2. The number of hydrogen-bond donors (Lipinski definition) is 2. The van der Waals surface area contributed by atoms with E-state index < -0.39 is 0 Å². The first-order valence-corrected chi connectivity index (χ1v) is 9.72. The Morgan fingerprint density at radius 3 is 2.62 bits per heavy atom. The molecule has 0 radical (unpaired) electrons. The highest BCUT2D eigenvalue weighted by atomic mass is 32.2. The molecule has 29 heavy (non-hydrogen) atoms. The second-order valence-corrected chi connectivity index (χ2v) is 6.83. The lowest BCUT2D eigenvalue weighted by molar-refractivity contribution is -0.118. The summed E-state index contributed by atoms with van der Waals surface area (Å²) < 4.78 is 10.6. The summed E-state index contributed by atoms with van der Waals surface area (Å²) in [5.41, 5.74) is 1.29. The largest absolute Gasteiger partial charge is 0.497 e. The van der Waals surface area contributed by atoms with Crippen LogP contribution in [0.3, 0.4) is 0 Å². The molecule has 0 aliphatic carbocycles. The van der Waals surface area contributed by atoms with Crippen molar-refractivity contribution in [1.82, 2.24) is 20.5 Å². The molecule has 1 aromatic heterocycles. The van der Waals surface area contributed by atoms with E-state index in [9.17, 15) is 9.59 Å². The minimum Gasteiger partial charge on any atom is -0.497 e. The summed E-state index contributed by atoms with van der Waals surface area (Å²) in [5.74, 6) is 1.46. The summed E-state index contributed by atoms with van der Waals surface area (Å²) >= 11 is 1.17. The van der Waals surface area contributed by atoms with Crippen molar-refractivity contribution >= 4 is 23.5 Å². The van der Waals surface area contributed by atoms with Crippen molar-refractivity contribution in [3.8, 4) is 22.9 Å². The first-order valence-electron chi connectivity index (χ1n) is 8.73. The maximum absolute atomic E-state index is 12.0. The predicted octanol–water partition coefficient (Wildman–Crippen LogP) is 2.58. The molecule has 0 saturated heterocycles. The highest BCUT2D eigenvalue weighted by Crippen LogP contribution is 2.31. The molecule has 0 fully saturated rings. The summed E-state index contributed by atoms with van der Waals surface area (Å²) in [6, 6.07) is 14.2. The van der Waals surface area contributed by atoms with Gasteiger partial charge in [0.25, 0.3) is 0 Å². The van der Waals surface area contributed by atoms with E-state index >= 15 is 0 Å². The molecule has 0 bridgehead atoms. The third-order valence-electron chi connectivity index (χ3n) is 4.00. The number of rotatable bonds is 9. The number of hydrogen-bond acceptors (Lipinski definition) is 7. The van der Waals surface area contributed by atoms with E-state index in [0.717, 1.165) is 5.56 Å². The highest BCUT2D eigenvalue weighted by Gasteiger charge is 2.14. The second-order valence-electron chi connectivity index (χ2n) is 5.89. The molecule has 3 rings (SSSR count). The smallest absolute Gasteiger partial charge is 0.230 e. The monoisotopic (exact) mass is 412 g/mol. The number of thioether (sulfide) groups is 1. The Morgan fingerprint density at radius 2 is 1.90 bits per heavy atom. The number of nitrogens with zero attached hydrogens (tertiary/aromatic N) is 2. The van der Waals surface area contributed by atoms with Crippen LogP contribution in [0.5, 0.6) is 11.5 Å². The molecule has 0 unspecified atom stereocenters. The Kier molecular flexibility index (Phi) is 6.85. The summed E-state index contributed by atoms with van der Waals surface area (Å²) in [4.78, 5) is 28.4. The van der Waals surface area contributed by atoms with E-state index in [2.05, 4.69) is 20.5 Å². The van der Waals surface area contributed by atoms with E-state index in [1.54, 1.807) is 50.6 Å². The van der Waals surface area contributed by atoms with Gasteiger partial charge in [-0.15, -0.1) is 5.10 Å². The average molecular weight is 412 g/mol. The van der Waals surface area contributed by atoms with Gasteiger partial charge in [-0.3, -0.25) is 14.7 Å². The van der Waals surface area contributed by atoms with Crippen molar-refractivity contribution in [2.45, 2.75) is 5.16 Å². The lowest BCUT2D eigenvalue weighted by Crippen LogP contribution is -2.30. The maximum atomic E-state index is 12.0. The van der Waals surface area contributed by atoms with Crippen molar-refractivity contribution in [2.24, 2.45) is 0 Å². The van der Waals surface area contributed by atoms with E-state index in [-0.39, 0.29) is 24.0 Å². The van der Waals surface area contributed by atoms with Gasteiger partial charge in [-0.1, -0.05) is 42.1 Å². The highest BCUT2D eigenvalue weighted by molar-refractivity contribution is 7.99. The van der Waals surface area contributed by atoms with Crippen molar-refractivity contribution < 1.29 is 19.1 Å². The Balaban J connectivity index is 1.54. The van der Waals surface area contributed by atoms with E-state index in [1.807, 2.05) is 12.1 Å². The number of aromatic nitrogens is 3. The zero-order chi connectivity index (χ0) is 20.6. The van der Waals surface area contributed by atoms with Gasteiger partial charge >= 0.3 is 0 Å². The molecule has 0 saturated carbocycles. The van der Waals surface area contributed by atoms with E-state index in [1.165, 1.54) is 11.8 Å². The Hall–Kier alpha value is -3.33. The second kappa shape index (κ2) is 9.74. The molecule has 3 aromatic rings. The van der Waals surface area contributed by atoms with Gasteiger partial charge < -0.3 is 14.8 Å². The van der Waals surface area contributed by atoms with Crippen LogP contribution in [0.1, 0.15) is 10.4 Å². The minimum absolute atomic E-state index is 0.0499. The fraction of sp³-hybridized carbons (Fsp3) is 0.200. The maximum Gasteiger partial charge on any atom is 0.230 e. The summed E-state index contributed by atoms with van der Waals surface area (Å²) in [5, 5.41) is 9.99. The molecule has 1 amide bonds. The van der Waals surface area contributed by atoms with Gasteiger partial charge in [0.05, 0.1) is 32.1 Å². The molecule has 0 spiro atoms. The molecule has 8 nitrogen and oxygen atoms in total. The normalized spacial score (nSPS) is 10.4. The Labute approximate surface area is 172 Å². The summed E-state index contributed by atoms with van der Waals surface area (Å²) in [6.45, 7) is -0.0499. The third-order valence-corrected chi connectivity index (χ3v) is 4.85. The first kappa shape index (κ1) is 20.4. The van der Waals surface area contributed by atoms with Crippen LogP contribution < -0.4 is 14.8 Å². The number of nitrogens with one attached hydrogen (secondary N) is 2. The van der Waals surface area contributed by atoms with Crippen LogP contribution in [0.2, 0.25) is 0 Å². The Morgan fingerprint density at radius 1 is 1.10 bits per heavy atom. The van der Waals surface area contributed by atoms with Gasteiger partial charge in [-0.2, -0.15) is 0 Å². The van der Waals surface area contributed by atoms with Gasteiger partial charge in [0.2, 0.25) is 11.1 Å². The fourth-order valence-electron chi connectivity index (χ4n) is 2.51. The molecular formula is C20H20N4O4S. The molecular weight excluding hydrogens is 392 g/mol. The topological polar surface area (TPSA) is 106 Å². The number of ketones is 1. The summed E-state index contributed by atoms with van der Waals surface area (Å²) in [6.07, 6.45) is 0. The molecule has 2 aromatic carbocycles. The quantitative estimate of drug-likeness (QED) is 0.411. The van der Waals surface area contributed by atoms with Gasteiger partial charge in [-0.25, -0.2) is 4.98 Å². The van der Waals surface area contributed by atoms with Crippen molar-refractivity contribution in [1.29, 1.82) is 0 Å². The van der Waals surface area contributed by atoms with Crippen molar-refractivity contribution in [2.75, 3.05) is 26.5 Å². The average Bonchev–Trinajstić information content (AvgIpc) is 3.25. The lowest BCUT2D eigenvalue weighted by atomic mass is 10.1.